The van der Waals surface area contributed by atoms with Gasteiger partial charge in [-0.2, -0.15) is 0 Å². The maximum atomic E-state index is 4.71. The molecule has 1 atom stereocenters. The molecule has 1 N–H and O–H groups in total. The smallest absolute Gasteiger partial charge is 0.123 e. The van der Waals surface area contributed by atoms with E-state index < -0.39 is 0 Å². The third-order valence-electron chi connectivity index (χ3n) is 3.00. The molecule has 0 radical (unpaired) electrons. The molecule has 1 aromatic heterocycles. The Morgan fingerprint density at radius 3 is 2.89 bits per heavy atom. The van der Waals surface area contributed by atoms with Crippen LogP contribution in [0.25, 0.3) is 10.6 Å². The molecule has 102 valence electrons. The third kappa shape index (κ3) is 3.65. The van der Waals surface area contributed by atoms with Crippen LogP contribution in [0.1, 0.15) is 36.9 Å². The van der Waals surface area contributed by atoms with Gasteiger partial charge in [-0.25, -0.2) is 4.98 Å². The van der Waals surface area contributed by atoms with E-state index in [2.05, 4.69) is 60.2 Å². The summed E-state index contributed by atoms with van der Waals surface area (Å²) in [6, 6.07) is 8.69. The molecule has 0 aliphatic rings. The normalized spacial score (nSPS) is 12.6. The van der Waals surface area contributed by atoms with Crippen LogP contribution in [0.2, 0.25) is 0 Å². The van der Waals surface area contributed by atoms with Gasteiger partial charge in [0.1, 0.15) is 5.01 Å². The minimum absolute atomic E-state index is 0.373. The van der Waals surface area contributed by atoms with Gasteiger partial charge in [-0.1, -0.05) is 35.0 Å². The molecule has 1 heterocycles. The van der Waals surface area contributed by atoms with Crippen LogP contribution in [-0.4, -0.2) is 11.5 Å². The van der Waals surface area contributed by atoms with E-state index in [0.29, 0.717) is 6.04 Å². The van der Waals surface area contributed by atoms with Crippen LogP contribution >= 0.6 is 27.3 Å². The van der Waals surface area contributed by atoms with Gasteiger partial charge in [0, 0.05) is 21.0 Å². The van der Waals surface area contributed by atoms with Crippen LogP contribution in [0, 0.1) is 6.92 Å². The number of nitrogens with one attached hydrogen (secondary N) is 1. The van der Waals surface area contributed by atoms with Crippen LogP contribution < -0.4 is 5.32 Å². The Hall–Kier alpha value is -0.710. The summed E-state index contributed by atoms with van der Waals surface area (Å²) in [5, 5.41) is 4.62. The van der Waals surface area contributed by atoms with Crippen molar-refractivity contribution < 1.29 is 0 Å². The van der Waals surface area contributed by atoms with Crippen molar-refractivity contribution in [1.82, 2.24) is 10.3 Å². The molecule has 1 unspecified atom stereocenters. The minimum Gasteiger partial charge on any atom is -0.309 e. The standard InChI is InChI=1S/C15H19BrN2S/c1-4-8-17-10(2)14-11(3)18-15(19-14)12-6-5-7-13(16)9-12/h5-7,9-10,17H,4,8H2,1-3H3. The number of benzene rings is 1. The Morgan fingerprint density at radius 2 is 2.21 bits per heavy atom. The van der Waals surface area contributed by atoms with E-state index in [9.17, 15) is 0 Å². The summed E-state index contributed by atoms with van der Waals surface area (Å²) >= 11 is 5.30. The number of aryl methyl sites for hydroxylation is 1. The summed E-state index contributed by atoms with van der Waals surface area (Å²) in [4.78, 5) is 6.05. The minimum atomic E-state index is 0.373. The molecule has 0 amide bonds. The second kappa shape index (κ2) is 6.64. The first-order valence-electron chi connectivity index (χ1n) is 6.58. The number of hydrogen-bond donors (Lipinski definition) is 1. The maximum absolute atomic E-state index is 4.71. The Kier molecular flexibility index (Phi) is 5.13. The van der Waals surface area contributed by atoms with E-state index in [1.165, 1.54) is 10.4 Å². The van der Waals surface area contributed by atoms with E-state index in [0.717, 1.165) is 28.1 Å². The number of rotatable bonds is 5. The molecular formula is C15H19BrN2S. The first kappa shape index (κ1) is 14.7. The highest BCUT2D eigenvalue weighted by molar-refractivity contribution is 9.10. The zero-order valence-corrected chi connectivity index (χ0v) is 13.9. The van der Waals surface area contributed by atoms with Crippen molar-refractivity contribution in [2.45, 2.75) is 33.2 Å². The van der Waals surface area contributed by atoms with Gasteiger partial charge in [-0.3, -0.25) is 0 Å². The van der Waals surface area contributed by atoms with Crippen molar-refractivity contribution in [3.63, 3.8) is 0 Å². The van der Waals surface area contributed by atoms with Crippen LogP contribution in [0.4, 0.5) is 0 Å². The first-order chi connectivity index (χ1) is 9.11. The van der Waals surface area contributed by atoms with Gasteiger partial charge in [0.05, 0.1) is 5.69 Å². The predicted octanol–water partition coefficient (Wildman–Crippen LogP) is 4.94. The van der Waals surface area contributed by atoms with E-state index in [1.54, 1.807) is 11.3 Å². The molecule has 0 saturated heterocycles. The summed E-state index contributed by atoms with van der Waals surface area (Å²) < 4.78 is 1.09. The monoisotopic (exact) mass is 338 g/mol. The summed E-state index contributed by atoms with van der Waals surface area (Å²) in [7, 11) is 0. The second-order valence-electron chi connectivity index (χ2n) is 4.65. The highest BCUT2D eigenvalue weighted by Gasteiger charge is 2.14. The van der Waals surface area contributed by atoms with Gasteiger partial charge < -0.3 is 5.32 Å². The Bertz CT molecular complexity index is 551. The number of halogens is 1. The number of hydrogen-bond acceptors (Lipinski definition) is 3. The van der Waals surface area contributed by atoms with Gasteiger partial charge in [0.25, 0.3) is 0 Å². The van der Waals surface area contributed by atoms with E-state index in [1.807, 2.05) is 6.07 Å². The molecule has 0 aliphatic carbocycles. The Morgan fingerprint density at radius 1 is 1.42 bits per heavy atom. The fraction of sp³-hybridized carbons (Fsp3) is 0.400. The Balaban J connectivity index is 2.25. The maximum Gasteiger partial charge on any atom is 0.123 e. The fourth-order valence-corrected chi connectivity index (χ4v) is 3.50. The number of aromatic nitrogens is 1. The molecule has 4 heteroatoms. The van der Waals surface area contributed by atoms with Gasteiger partial charge in [0.15, 0.2) is 0 Å². The quantitative estimate of drug-likeness (QED) is 0.834. The third-order valence-corrected chi connectivity index (χ3v) is 4.88. The van der Waals surface area contributed by atoms with Crippen LogP contribution in [0.3, 0.4) is 0 Å². The SMILES string of the molecule is CCCNC(C)c1sc(-c2cccc(Br)c2)nc1C. The topological polar surface area (TPSA) is 24.9 Å². The van der Waals surface area contributed by atoms with E-state index in [-0.39, 0.29) is 0 Å². The van der Waals surface area contributed by atoms with E-state index in [4.69, 9.17) is 4.98 Å². The van der Waals surface area contributed by atoms with Gasteiger partial charge in [0.2, 0.25) is 0 Å². The average Bonchev–Trinajstić information content (AvgIpc) is 2.78. The largest absolute Gasteiger partial charge is 0.309 e. The van der Waals surface area contributed by atoms with E-state index >= 15 is 0 Å². The molecule has 2 nitrogen and oxygen atoms in total. The van der Waals surface area contributed by atoms with Crippen molar-refractivity contribution >= 4 is 27.3 Å². The lowest BCUT2D eigenvalue weighted by Gasteiger charge is -2.11. The van der Waals surface area contributed by atoms with Gasteiger partial charge >= 0.3 is 0 Å². The summed E-state index contributed by atoms with van der Waals surface area (Å²) in [6.45, 7) is 7.54. The van der Waals surface area contributed by atoms with Gasteiger partial charge in [-0.15, -0.1) is 11.3 Å². The van der Waals surface area contributed by atoms with Crippen molar-refractivity contribution in [3.05, 3.63) is 39.3 Å². The van der Waals surface area contributed by atoms with Crippen LogP contribution in [0.15, 0.2) is 28.7 Å². The molecule has 0 aliphatic heterocycles. The second-order valence-corrected chi connectivity index (χ2v) is 6.60. The zero-order chi connectivity index (χ0) is 13.8. The summed E-state index contributed by atoms with van der Waals surface area (Å²) in [5.74, 6) is 0. The van der Waals surface area contributed by atoms with Crippen LogP contribution in [0.5, 0.6) is 0 Å². The summed E-state index contributed by atoms with van der Waals surface area (Å²) in [5.41, 5.74) is 2.31. The molecule has 19 heavy (non-hydrogen) atoms. The molecule has 2 aromatic rings. The lowest BCUT2D eigenvalue weighted by Crippen LogP contribution is -2.18. The lowest BCUT2D eigenvalue weighted by atomic mass is 10.2. The zero-order valence-electron chi connectivity index (χ0n) is 11.5. The van der Waals surface area contributed by atoms with Crippen molar-refractivity contribution in [2.24, 2.45) is 0 Å². The van der Waals surface area contributed by atoms with Crippen molar-refractivity contribution in [1.29, 1.82) is 0 Å². The lowest BCUT2D eigenvalue weighted by molar-refractivity contribution is 0.575. The molecule has 2 rings (SSSR count). The molecule has 0 spiro atoms. The van der Waals surface area contributed by atoms with Crippen molar-refractivity contribution in [2.75, 3.05) is 6.54 Å². The molecule has 0 fully saturated rings. The number of thiazole rings is 1. The number of nitrogens with zero attached hydrogens (tertiary/aromatic N) is 1. The van der Waals surface area contributed by atoms with Gasteiger partial charge in [-0.05, 0) is 38.9 Å². The fourth-order valence-electron chi connectivity index (χ4n) is 2.01. The van der Waals surface area contributed by atoms with Crippen molar-refractivity contribution in [3.8, 4) is 10.6 Å². The molecule has 1 aromatic carbocycles. The molecule has 0 saturated carbocycles. The average molecular weight is 339 g/mol. The Labute approximate surface area is 127 Å². The summed E-state index contributed by atoms with van der Waals surface area (Å²) in [6.07, 6.45) is 1.15. The molecular weight excluding hydrogens is 320 g/mol. The molecule has 0 bridgehead atoms. The van der Waals surface area contributed by atoms with Crippen LogP contribution in [-0.2, 0) is 0 Å². The highest BCUT2D eigenvalue weighted by Crippen LogP contribution is 2.32. The first-order valence-corrected chi connectivity index (χ1v) is 8.19. The highest BCUT2D eigenvalue weighted by atomic mass is 79.9. The predicted molar refractivity (Wildman–Crippen MR) is 86.7 cm³/mol.